The van der Waals surface area contributed by atoms with E-state index in [0.29, 0.717) is 22.2 Å². The SMILES string of the molecule is [2H]c1cc([2H])c(-c2ccc(-n3c4ccccc4c4c(-n5c6c([2H])c([2H])c([2H])c([2H])c6c6c([2H])c([2H])c([2H])c([2H])c65)cccc43)cc2)c([2H])c1. The van der Waals surface area contributed by atoms with Crippen molar-refractivity contribution in [3.8, 4) is 22.5 Å². The molecule has 178 valence electrons. The largest absolute Gasteiger partial charge is 0.309 e. The van der Waals surface area contributed by atoms with Crippen LogP contribution < -0.4 is 0 Å². The molecule has 0 saturated carbocycles. The minimum absolute atomic E-state index is 0.0188. The van der Waals surface area contributed by atoms with Gasteiger partial charge in [-0.25, -0.2) is 0 Å². The van der Waals surface area contributed by atoms with Crippen LogP contribution in [0.5, 0.6) is 0 Å². The molecule has 2 heterocycles. The monoisotopic (exact) mass is 495 g/mol. The van der Waals surface area contributed by atoms with Crippen molar-refractivity contribution in [3.05, 3.63) is 145 Å². The van der Waals surface area contributed by atoms with Crippen LogP contribution in [-0.4, -0.2) is 9.13 Å². The average molecular weight is 496 g/mol. The van der Waals surface area contributed by atoms with Crippen molar-refractivity contribution >= 4 is 43.6 Å². The van der Waals surface area contributed by atoms with Gasteiger partial charge in [0, 0.05) is 27.2 Å². The van der Waals surface area contributed by atoms with E-state index >= 15 is 0 Å². The Hall–Kier alpha value is -5.08. The van der Waals surface area contributed by atoms with E-state index in [1.807, 2.05) is 59.2 Å². The van der Waals surface area contributed by atoms with Gasteiger partial charge in [-0.05, 0) is 53.5 Å². The maximum atomic E-state index is 8.97. The lowest BCUT2D eigenvalue weighted by Gasteiger charge is -2.12. The summed E-state index contributed by atoms with van der Waals surface area (Å²) in [5, 5.41) is 1.55. The highest BCUT2D eigenvalue weighted by Crippen LogP contribution is 2.39. The Morgan fingerprint density at radius 1 is 0.421 bits per heavy atom. The van der Waals surface area contributed by atoms with E-state index in [1.165, 1.54) is 12.1 Å². The molecule has 8 aromatic rings. The summed E-state index contributed by atoms with van der Waals surface area (Å²) in [5.74, 6) is 0. The zero-order chi connectivity index (χ0) is 34.6. The molecule has 6 aromatic carbocycles. The van der Waals surface area contributed by atoms with Crippen molar-refractivity contribution in [2.45, 2.75) is 0 Å². The summed E-state index contributed by atoms with van der Waals surface area (Å²) < 4.78 is 97.5. The number of rotatable bonds is 3. The van der Waals surface area contributed by atoms with E-state index in [4.69, 9.17) is 15.1 Å². The van der Waals surface area contributed by atoms with Crippen LogP contribution >= 0.6 is 0 Å². The van der Waals surface area contributed by atoms with E-state index in [1.54, 1.807) is 16.7 Å². The second-order valence-electron chi connectivity index (χ2n) is 8.97. The van der Waals surface area contributed by atoms with E-state index in [-0.39, 0.29) is 64.1 Å². The molecule has 0 spiro atoms. The van der Waals surface area contributed by atoms with Crippen LogP contribution in [0, 0.1) is 0 Å². The van der Waals surface area contributed by atoms with E-state index in [2.05, 4.69) is 0 Å². The number of benzene rings is 6. The maximum absolute atomic E-state index is 8.97. The zero-order valence-corrected chi connectivity index (χ0v) is 19.9. The zero-order valence-electron chi connectivity index (χ0n) is 30.9. The first-order valence-corrected chi connectivity index (χ1v) is 12.1. The molecule has 2 heteroatoms. The van der Waals surface area contributed by atoms with Crippen LogP contribution in [0.4, 0.5) is 0 Å². The van der Waals surface area contributed by atoms with Crippen LogP contribution in [0.15, 0.2) is 145 Å². The highest BCUT2D eigenvalue weighted by Gasteiger charge is 2.19. The fourth-order valence-electron chi connectivity index (χ4n) is 5.38. The molecule has 2 aromatic heterocycles. The standard InChI is InChI=1S/C36H24N2/c1-2-11-25(12-3-1)26-21-23-27(24-22-26)37-33-18-9-6-15-30(33)36-34(37)19-10-20-35(36)38-31-16-7-4-13-28(31)29-14-5-8-17-32(29)38/h1-24H/i1D,4D,5D,7D,8D,11D,12D,13D,14D,16D,17D. The van der Waals surface area contributed by atoms with Gasteiger partial charge in [0.25, 0.3) is 0 Å². The minimum Gasteiger partial charge on any atom is -0.309 e. The summed E-state index contributed by atoms with van der Waals surface area (Å²) in [6.45, 7) is 0. The van der Waals surface area contributed by atoms with Crippen molar-refractivity contribution < 1.29 is 15.1 Å². The van der Waals surface area contributed by atoms with Crippen LogP contribution in [0.25, 0.3) is 66.1 Å². The molecule has 0 aliphatic heterocycles. The van der Waals surface area contributed by atoms with Crippen molar-refractivity contribution in [2.75, 3.05) is 0 Å². The number of hydrogen-bond acceptors (Lipinski definition) is 0. The van der Waals surface area contributed by atoms with Gasteiger partial charge in [0.05, 0.1) is 42.8 Å². The van der Waals surface area contributed by atoms with Gasteiger partial charge in [-0.2, -0.15) is 0 Å². The lowest BCUT2D eigenvalue weighted by atomic mass is 10.1. The second kappa shape index (κ2) is 8.22. The van der Waals surface area contributed by atoms with Crippen LogP contribution in [-0.2, 0) is 0 Å². The average Bonchev–Trinajstić information content (AvgIpc) is 3.62. The highest BCUT2D eigenvalue weighted by atomic mass is 15.0. The Balaban J connectivity index is 1.49. The number of aromatic nitrogens is 2. The molecule has 0 amide bonds. The number of para-hydroxylation sites is 3. The molecule has 0 aliphatic rings. The van der Waals surface area contributed by atoms with Gasteiger partial charge in [0.15, 0.2) is 0 Å². The van der Waals surface area contributed by atoms with Gasteiger partial charge in [-0.15, -0.1) is 0 Å². The van der Waals surface area contributed by atoms with Gasteiger partial charge >= 0.3 is 0 Å². The van der Waals surface area contributed by atoms with Gasteiger partial charge < -0.3 is 9.13 Å². The fourth-order valence-corrected chi connectivity index (χ4v) is 5.38. The second-order valence-corrected chi connectivity index (χ2v) is 8.97. The Morgan fingerprint density at radius 2 is 1.08 bits per heavy atom. The van der Waals surface area contributed by atoms with Gasteiger partial charge in [0.2, 0.25) is 0 Å². The van der Waals surface area contributed by atoms with Crippen molar-refractivity contribution in [2.24, 2.45) is 0 Å². The maximum Gasteiger partial charge on any atom is 0.0645 e. The van der Waals surface area contributed by atoms with Crippen molar-refractivity contribution in [3.63, 3.8) is 0 Å². The first-order chi connectivity index (χ1) is 23.4. The molecule has 38 heavy (non-hydrogen) atoms. The third-order valence-corrected chi connectivity index (χ3v) is 6.96. The van der Waals surface area contributed by atoms with Gasteiger partial charge in [0.1, 0.15) is 0 Å². The molecule has 0 aliphatic carbocycles. The van der Waals surface area contributed by atoms with Gasteiger partial charge in [-0.3, -0.25) is 0 Å². The van der Waals surface area contributed by atoms with Crippen molar-refractivity contribution in [1.29, 1.82) is 0 Å². The molecule has 0 unspecified atom stereocenters. The van der Waals surface area contributed by atoms with Gasteiger partial charge in [-0.1, -0.05) is 103 Å². The molecule has 8 rings (SSSR count). The highest BCUT2D eigenvalue weighted by molar-refractivity contribution is 6.16. The van der Waals surface area contributed by atoms with E-state index in [9.17, 15) is 0 Å². The van der Waals surface area contributed by atoms with E-state index in [0.717, 1.165) is 22.1 Å². The summed E-state index contributed by atoms with van der Waals surface area (Å²) in [4.78, 5) is 0. The minimum atomic E-state index is -0.493. The molecular weight excluding hydrogens is 460 g/mol. The van der Waals surface area contributed by atoms with Crippen LogP contribution in [0.1, 0.15) is 15.1 Å². The molecule has 2 nitrogen and oxygen atoms in total. The van der Waals surface area contributed by atoms with Crippen LogP contribution in [0.3, 0.4) is 0 Å². The first kappa shape index (κ1) is 12.9. The summed E-state index contributed by atoms with van der Waals surface area (Å²) >= 11 is 0. The summed E-state index contributed by atoms with van der Waals surface area (Å²) in [6, 6.07) is 20.3. The number of hydrogen-bond donors (Lipinski definition) is 0. The molecule has 0 N–H and O–H groups in total. The number of fused-ring (bicyclic) bond motifs is 6. The molecule has 0 saturated heterocycles. The molecular formula is C36H24N2. The number of nitrogens with zero attached hydrogens (tertiary/aromatic N) is 2. The predicted octanol–water partition coefficient (Wildman–Crippen LogP) is 9.55. The fraction of sp³-hybridized carbons (Fsp3) is 0. The Kier molecular flexibility index (Phi) is 2.80. The lowest BCUT2D eigenvalue weighted by molar-refractivity contribution is 1.17. The Morgan fingerprint density at radius 3 is 1.82 bits per heavy atom. The normalized spacial score (nSPS) is 15.7. The predicted molar refractivity (Wildman–Crippen MR) is 161 cm³/mol. The third-order valence-electron chi connectivity index (χ3n) is 6.96. The summed E-state index contributed by atoms with van der Waals surface area (Å²) in [5.41, 5.74) is 4.00. The molecule has 0 bridgehead atoms. The molecule has 0 atom stereocenters. The summed E-state index contributed by atoms with van der Waals surface area (Å²) in [7, 11) is 0. The van der Waals surface area contributed by atoms with Crippen molar-refractivity contribution in [1.82, 2.24) is 9.13 Å². The third kappa shape index (κ3) is 3.01. The quantitative estimate of drug-likeness (QED) is 0.231. The first-order valence-electron chi connectivity index (χ1n) is 17.6. The lowest BCUT2D eigenvalue weighted by Crippen LogP contribution is -1.96. The molecule has 0 radical (unpaired) electrons. The summed E-state index contributed by atoms with van der Waals surface area (Å²) in [6.07, 6.45) is 0. The topological polar surface area (TPSA) is 9.86 Å². The molecule has 0 fully saturated rings. The van der Waals surface area contributed by atoms with Crippen LogP contribution in [0.2, 0.25) is 0 Å². The van der Waals surface area contributed by atoms with E-state index < -0.39 is 24.2 Å². The Bertz CT molecular complexity index is 2630. The smallest absolute Gasteiger partial charge is 0.0645 e. The Labute approximate surface area is 236 Å².